The molecule has 2 aromatic carbocycles. The Labute approximate surface area is 219 Å². The number of alkyl halides is 3. The van der Waals surface area contributed by atoms with Gasteiger partial charge in [-0.15, -0.1) is 11.8 Å². The van der Waals surface area contributed by atoms with Gasteiger partial charge in [0.2, 0.25) is 0 Å². The Kier molecular flexibility index (Phi) is 6.93. The molecule has 3 heterocycles. The van der Waals surface area contributed by atoms with Gasteiger partial charge < -0.3 is 15.0 Å². The Bertz CT molecular complexity index is 1420. The Morgan fingerprint density at radius 3 is 2.49 bits per heavy atom. The highest BCUT2D eigenvalue weighted by molar-refractivity contribution is 7.99. The van der Waals surface area contributed by atoms with Crippen LogP contribution in [0.25, 0.3) is 22.0 Å². The van der Waals surface area contributed by atoms with Gasteiger partial charge in [-0.25, -0.2) is 9.18 Å². The number of benzene rings is 2. The minimum Gasteiger partial charge on any atom is -0.379 e. The van der Waals surface area contributed by atoms with Crippen molar-refractivity contribution in [1.29, 1.82) is 0 Å². The van der Waals surface area contributed by atoms with Crippen molar-refractivity contribution in [2.45, 2.75) is 49.7 Å². The maximum atomic E-state index is 14.6. The molecule has 198 valence electrons. The standard InChI is InChI=1S/C25H25ClF4N4O2S/c1-12-8-33(9-13(2)31-12)23-16-7-17(25(28,29)30)20(14-4-5-19(27)18(26)6-14)22-21(16)34(24(35)32-23)10-15(36-3)11-37-22/h4-7,12-13,15,31H,8-11H2,1-3H3/t12-,13+,15-/m1/s1. The molecule has 0 aliphatic carbocycles. The number of halogens is 5. The van der Waals surface area contributed by atoms with Gasteiger partial charge in [-0.2, -0.15) is 18.2 Å². The third-order valence-electron chi connectivity index (χ3n) is 6.70. The van der Waals surface area contributed by atoms with Crippen LogP contribution in [0.4, 0.5) is 23.4 Å². The second-order valence-corrected chi connectivity index (χ2v) is 11.0. The first-order chi connectivity index (χ1) is 17.5. The lowest BCUT2D eigenvalue weighted by Crippen LogP contribution is -2.55. The number of thioether (sulfide) groups is 1. The lowest BCUT2D eigenvalue weighted by atomic mass is 9.96. The molecule has 3 aromatic rings. The molecule has 1 saturated heterocycles. The summed E-state index contributed by atoms with van der Waals surface area (Å²) >= 11 is 7.17. The molecule has 1 N–H and O–H groups in total. The van der Waals surface area contributed by atoms with Gasteiger partial charge in [-0.05, 0) is 37.6 Å². The van der Waals surface area contributed by atoms with E-state index in [0.29, 0.717) is 24.4 Å². The summed E-state index contributed by atoms with van der Waals surface area (Å²) in [5.41, 5.74) is -1.13. The SMILES string of the molecule is CO[C@H]1CSc2c(-c3ccc(F)c(Cl)c3)c(C(F)(F)F)cc3c(N4C[C@@H](C)N[C@@H](C)C4)nc(=O)n(c23)C1. The van der Waals surface area contributed by atoms with E-state index in [-0.39, 0.29) is 50.9 Å². The summed E-state index contributed by atoms with van der Waals surface area (Å²) in [6.45, 7) is 5.05. The number of rotatable bonds is 3. The molecule has 0 saturated carbocycles. The average molecular weight is 557 g/mol. The number of nitrogens with zero attached hydrogens (tertiary/aromatic N) is 3. The quantitative estimate of drug-likeness (QED) is 0.449. The van der Waals surface area contributed by atoms with Gasteiger partial charge in [-0.3, -0.25) is 4.57 Å². The number of piperazine rings is 1. The minimum absolute atomic E-state index is 0.0492. The van der Waals surface area contributed by atoms with Crippen molar-refractivity contribution < 1.29 is 22.3 Å². The fraction of sp³-hybridized carbons (Fsp3) is 0.440. The molecule has 12 heteroatoms. The van der Waals surface area contributed by atoms with Gasteiger partial charge in [0.1, 0.15) is 11.6 Å². The van der Waals surface area contributed by atoms with Crippen molar-refractivity contribution in [3.8, 4) is 11.1 Å². The van der Waals surface area contributed by atoms with E-state index in [1.807, 2.05) is 18.7 Å². The van der Waals surface area contributed by atoms with E-state index in [1.54, 1.807) is 0 Å². The monoisotopic (exact) mass is 556 g/mol. The molecule has 5 rings (SSSR count). The van der Waals surface area contributed by atoms with Crippen LogP contribution in [0.15, 0.2) is 34.0 Å². The first-order valence-corrected chi connectivity index (χ1v) is 13.1. The Hall–Kier alpha value is -2.34. The normalized spacial score (nSPS) is 22.4. The van der Waals surface area contributed by atoms with Crippen LogP contribution in [0.3, 0.4) is 0 Å². The second kappa shape index (κ2) is 9.76. The summed E-state index contributed by atoms with van der Waals surface area (Å²) in [6.07, 6.45) is -5.17. The molecule has 0 unspecified atom stereocenters. The molecule has 2 aliphatic heterocycles. The Morgan fingerprint density at radius 2 is 1.86 bits per heavy atom. The summed E-state index contributed by atoms with van der Waals surface area (Å²) < 4.78 is 64.8. The van der Waals surface area contributed by atoms with Gasteiger partial charge in [0.05, 0.1) is 28.8 Å². The Morgan fingerprint density at radius 1 is 1.16 bits per heavy atom. The molecule has 1 fully saturated rings. The summed E-state index contributed by atoms with van der Waals surface area (Å²) in [4.78, 5) is 19.8. The molecular weight excluding hydrogens is 532 g/mol. The molecule has 0 amide bonds. The number of ether oxygens (including phenoxy) is 1. The largest absolute Gasteiger partial charge is 0.417 e. The van der Waals surface area contributed by atoms with Crippen LogP contribution in [0.1, 0.15) is 19.4 Å². The van der Waals surface area contributed by atoms with Crippen molar-refractivity contribution in [3.05, 3.63) is 51.2 Å². The molecule has 1 aromatic heterocycles. The number of nitrogens with one attached hydrogen (secondary N) is 1. The highest BCUT2D eigenvalue weighted by atomic mass is 35.5. The number of methoxy groups -OCH3 is 1. The van der Waals surface area contributed by atoms with Crippen LogP contribution in [0, 0.1) is 5.82 Å². The third-order valence-corrected chi connectivity index (χ3v) is 8.22. The second-order valence-electron chi connectivity index (χ2n) is 9.52. The number of hydrogen-bond donors (Lipinski definition) is 1. The topological polar surface area (TPSA) is 59.4 Å². The number of hydrogen-bond acceptors (Lipinski definition) is 6. The lowest BCUT2D eigenvalue weighted by molar-refractivity contribution is -0.137. The first kappa shape index (κ1) is 26.3. The molecule has 3 atom stereocenters. The van der Waals surface area contributed by atoms with Gasteiger partial charge in [0, 0.05) is 53.9 Å². The Balaban J connectivity index is 1.90. The van der Waals surface area contributed by atoms with Crippen LogP contribution in [-0.4, -0.2) is 53.7 Å². The van der Waals surface area contributed by atoms with Gasteiger partial charge >= 0.3 is 11.9 Å². The van der Waals surface area contributed by atoms with Crippen molar-refractivity contribution in [3.63, 3.8) is 0 Å². The molecular formula is C25H25ClF4N4O2S. The maximum Gasteiger partial charge on any atom is 0.417 e. The predicted octanol–water partition coefficient (Wildman–Crippen LogP) is 5.18. The van der Waals surface area contributed by atoms with Crippen LogP contribution in [-0.2, 0) is 17.5 Å². The van der Waals surface area contributed by atoms with Gasteiger partial charge in [-0.1, -0.05) is 17.7 Å². The van der Waals surface area contributed by atoms with Crippen LogP contribution >= 0.6 is 23.4 Å². The number of anilines is 1. The van der Waals surface area contributed by atoms with E-state index in [4.69, 9.17) is 16.3 Å². The van der Waals surface area contributed by atoms with Crippen LogP contribution in [0.2, 0.25) is 5.02 Å². The molecule has 6 nitrogen and oxygen atoms in total. The molecule has 0 radical (unpaired) electrons. The zero-order valence-electron chi connectivity index (χ0n) is 20.3. The summed E-state index contributed by atoms with van der Waals surface area (Å²) in [5, 5.41) is 3.34. The average Bonchev–Trinajstić information content (AvgIpc) is 3.02. The predicted molar refractivity (Wildman–Crippen MR) is 137 cm³/mol. The van der Waals surface area contributed by atoms with Crippen LogP contribution in [0.5, 0.6) is 0 Å². The van der Waals surface area contributed by atoms with Crippen molar-refractivity contribution in [2.24, 2.45) is 0 Å². The summed E-state index contributed by atoms with van der Waals surface area (Å²) in [5.74, 6) is -0.195. The smallest absolute Gasteiger partial charge is 0.379 e. The highest BCUT2D eigenvalue weighted by Gasteiger charge is 2.39. The van der Waals surface area contributed by atoms with E-state index in [0.717, 1.165) is 12.1 Å². The maximum absolute atomic E-state index is 14.6. The third kappa shape index (κ3) is 4.82. The van der Waals surface area contributed by atoms with Gasteiger partial charge in [0.25, 0.3) is 0 Å². The first-order valence-electron chi connectivity index (χ1n) is 11.8. The lowest BCUT2D eigenvalue weighted by Gasteiger charge is -2.37. The van der Waals surface area contributed by atoms with Crippen molar-refractivity contribution in [1.82, 2.24) is 14.9 Å². The van der Waals surface area contributed by atoms with E-state index >= 15 is 0 Å². The summed E-state index contributed by atoms with van der Waals surface area (Å²) in [7, 11) is 1.50. The van der Waals surface area contributed by atoms with Gasteiger partial charge in [0.15, 0.2) is 0 Å². The van der Waals surface area contributed by atoms with E-state index < -0.39 is 29.4 Å². The zero-order chi connectivity index (χ0) is 26.6. The zero-order valence-corrected chi connectivity index (χ0v) is 21.9. The summed E-state index contributed by atoms with van der Waals surface area (Å²) in [6, 6.07) is 4.67. The fourth-order valence-electron chi connectivity index (χ4n) is 5.18. The highest BCUT2D eigenvalue weighted by Crippen LogP contribution is 2.48. The molecule has 0 spiro atoms. The van der Waals surface area contributed by atoms with E-state index in [2.05, 4.69) is 10.3 Å². The number of aromatic nitrogens is 2. The van der Waals surface area contributed by atoms with E-state index in [1.165, 1.54) is 35.6 Å². The molecule has 2 aliphatic rings. The van der Waals surface area contributed by atoms with Crippen molar-refractivity contribution >= 4 is 40.1 Å². The van der Waals surface area contributed by atoms with Crippen LogP contribution < -0.4 is 15.9 Å². The van der Waals surface area contributed by atoms with Crippen molar-refractivity contribution in [2.75, 3.05) is 30.9 Å². The fourth-order valence-corrected chi connectivity index (χ4v) is 6.68. The van der Waals surface area contributed by atoms with E-state index in [9.17, 15) is 22.4 Å². The molecule has 37 heavy (non-hydrogen) atoms. The minimum atomic E-state index is -4.74. The molecule has 0 bridgehead atoms.